The van der Waals surface area contributed by atoms with Gasteiger partial charge in [0.25, 0.3) is 0 Å². The molecule has 2 heterocycles. The van der Waals surface area contributed by atoms with Crippen LogP contribution < -0.4 is 0 Å². The second kappa shape index (κ2) is 8.79. The highest BCUT2D eigenvalue weighted by molar-refractivity contribution is 5.85. The van der Waals surface area contributed by atoms with Crippen molar-refractivity contribution < 1.29 is 33.2 Å². The van der Waals surface area contributed by atoms with Crippen LogP contribution in [0.3, 0.4) is 0 Å². The van der Waals surface area contributed by atoms with Crippen molar-refractivity contribution in [3.05, 3.63) is 35.9 Å². The molecule has 0 amide bonds. The minimum absolute atomic E-state index is 0.108. The lowest BCUT2D eigenvalue weighted by Gasteiger charge is -2.55. The van der Waals surface area contributed by atoms with Crippen molar-refractivity contribution in [2.75, 3.05) is 6.61 Å². The molecular formula is C22H32O7. The minimum Gasteiger partial charge on any atom is -0.345 e. The van der Waals surface area contributed by atoms with Gasteiger partial charge in [-0.2, -0.15) is 0 Å². The fourth-order valence-electron chi connectivity index (χ4n) is 3.70. The molecular weight excluding hydrogens is 376 g/mol. The SMILES string of the molecule is CC(C)O[C@]1(C)O[C@H]2[C@@H](OCc3ccccc3)OCC(=O)[C@@H]2O[C@@]1(C)OC(C)C. The normalized spacial score (nSPS) is 35.2. The smallest absolute Gasteiger partial charge is 0.221 e. The lowest BCUT2D eigenvalue weighted by Crippen LogP contribution is -2.71. The molecule has 0 unspecified atom stereocenters. The van der Waals surface area contributed by atoms with Gasteiger partial charge in [-0.3, -0.25) is 4.79 Å². The average molecular weight is 408 g/mol. The van der Waals surface area contributed by atoms with E-state index >= 15 is 0 Å². The molecule has 2 saturated heterocycles. The summed E-state index contributed by atoms with van der Waals surface area (Å²) in [4.78, 5) is 12.6. The van der Waals surface area contributed by atoms with Crippen LogP contribution in [0.15, 0.2) is 30.3 Å². The number of benzene rings is 1. The maximum Gasteiger partial charge on any atom is 0.221 e. The summed E-state index contributed by atoms with van der Waals surface area (Å²) in [7, 11) is 0. The first-order valence-electron chi connectivity index (χ1n) is 10.1. The number of carbonyl (C=O) groups is 1. The van der Waals surface area contributed by atoms with Crippen LogP contribution in [-0.4, -0.2) is 54.7 Å². The Morgan fingerprint density at radius 1 is 1.00 bits per heavy atom. The number of ketones is 1. The Morgan fingerprint density at radius 3 is 2.17 bits per heavy atom. The summed E-state index contributed by atoms with van der Waals surface area (Å²) in [6, 6.07) is 9.74. The van der Waals surface area contributed by atoms with E-state index in [0.29, 0.717) is 6.61 Å². The van der Waals surface area contributed by atoms with Crippen molar-refractivity contribution in [2.24, 2.45) is 0 Å². The fourth-order valence-corrected chi connectivity index (χ4v) is 3.70. The molecule has 162 valence electrons. The van der Waals surface area contributed by atoms with E-state index in [1.165, 1.54) is 0 Å². The van der Waals surface area contributed by atoms with Crippen LogP contribution in [0.2, 0.25) is 0 Å². The third-order valence-corrected chi connectivity index (χ3v) is 4.99. The van der Waals surface area contributed by atoms with E-state index in [0.717, 1.165) is 5.56 Å². The van der Waals surface area contributed by atoms with Crippen molar-refractivity contribution in [1.29, 1.82) is 0 Å². The van der Waals surface area contributed by atoms with Crippen molar-refractivity contribution in [3.8, 4) is 0 Å². The van der Waals surface area contributed by atoms with Gasteiger partial charge in [-0.15, -0.1) is 0 Å². The van der Waals surface area contributed by atoms with Gasteiger partial charge in [0.1, 0.15) is 12.7 Å². The zero-order valence-electron chi connectivity index (χ0n) is 18.0. The van der Waals surface area contributed by atoms with Crippen LogP contribution in [0, 0.1) is 0 Å². The molecule has 5 atom stereocenters. The first-order valence-corrected chi connectivity index (χ1v) is 10.1. The molecule has 29 heavy (non-hydrogen) atoms. The molecule has 2 aliphatic rings. The Balaban J connectivity index is 1.83. The Bertz CT molecular complexity index is 692. The van der Waals surface area contributed by atoms with Gasteiger partial charge < -0.3 is 28.4 Å². The largest absolute Gasteiger partial charge is 0.345 e. The number of hydrogen-bond acceptors (Lipinski definition) is 7. The second-order valence-corrected chi connectivity index (χ2v) is 8.29. The summed E-state index contributed by atoms with van der Waals surface area (Å²) < 4.78 is 36.3. The molecule has 0 spiro atoms. The topological polar surface area (TPSA) is 72.5 Å². The van der Waals surface area contributed by atoms with Gasteiger partial charge in [-0.1, -0.05) is 30.3 Å². The molecule has 1 aromatic carbocycles. The third-order valence-electron chi connectivity index (χ3n) is 4.99. The molecule has 0 bridgehead atoms. The summed E-state index contributed by atoms with van der Waals surface area (Å²) in [6.45, 7) is 11.3. The van der Waals surface area contributed by atoms with Gasteiger partial charge in [-0.25, -0.2) is 0 Å². The number of hydrogen-bond donors (Lipinski definition) is 0. The van der Waals surface area contributed by atoms with E-state index in [1.807, 2.05) is 58.0 Å². The highest BCUT2D eigenvalue weighted by atomic mass is 16.8. The van der Waals surface area contributed by atoms with Gasteiger partial charge in [0.05, 0.1) is 18.8 Å². The monoisotopic (exact) mass is 408 g/mol. The first kappa shape index (κ1) is 22.3. The van der Waals surface area contributed by atoms with E-state index in [9.17, 15) is 4.79 Å². The van der Waals surface area contributed by atoms with Gasteiger partial charge in [-0.05, 0) is 47.1 Å². The van der Waals surface area contributed by atoms with E-state index < -0.39 is 30.1 Å². The van der Waals surface area contributed by atoms with Crippen LogP contribution in [0.5, 0.6) is 0 Å². The highest BCUT2D eigenvalue weighted by Gasteiger charge is 2.62. The highest BCUT2D eigenvalue weighted by Crippen LogP contribution is 2.43. The Kier molecular flexibility index (Phi) is 6.77. The van der Waals surface area contributed by atoms with Gasteiger partial charge in [0.15, 0.2) is 18.2 Å². The third kappa shape index (κ3) is 4.87. The number of fused-ring (bicyclic) bond motifs is 1. The average Bonchev–Trinajstić information content (AvgIpc) is 2.63. The van der Waals surface area contributed by atoms with Gasteiger partial charge >= 0.3 is 0 Å². The van der Waals surface area contributed by atoms with E-state index in [-0.39, 0.29) is 24.6 Å². The first-order chi connectivity index (χ1) is 13.6. The van der Waals surface area contributed by atoms with Crippen molar-refractivity contribution >= 4 is 5.78 Å². The molecule has 7 heteroatoms. The lowest BCUT2D eigenvalue weighted by atomic mass is 9.98. The quantitative estimate of drug-likeness (QED) is 0.686. The Labute approximate surface area is 172 Å². The van der Waals surface area contributed by atoms with E-state index in [2.05, 4.69) is 0 Å². The number of ether oxygens (including phenoxy) is 6. The molecule has 2 aliphatic heterocycles. The molecule has 1 aromatic rings. The second-order valence-electron chi connectivity index (χ2n) is 8.29. The van der Waals surface area contributed by atoms with Crippen LogP contribution in [-0.2, 0) is 39.8 Å². The Hall–Kier alpha value is -1.35. The minimum atomic E-state index is -1.27. The predicted octanol–water partition coefficient (Wildman–Crippen LogP) is 3.20. The van der Waals surface area contributed by atoms with Crippen LogP contribution in [0.1, 0.15) is 47.1 Å². The van der Waals surface area contributed by atoms with Crippen molar-refractivity contribution in [1.82, 2.24) is 0 Å². The van der Waals surface area contributed by atoms with E-state index in [4.69, 9.17) is 28.4 Å². The number of Topliss-reactive ketones (excluding diaryl/α,β-unsaturated/α-hetero) is 1. The maximum absolute atomic E-state index is 12.6. The summed E-state index contributed by atoms with van der Waals surface area (Å²) in [5.74, 6) is -2.74. The predicted molar refractivity (Wildman–Crippen MR) is 105 cm³/mol. The molecule has 0 saturated carbocycles. The summed E-state index contributed by atoms with van der Waals surface area (Å²) in [5.41, 5.74) is 0.996. The van der Waals surface area contributed by atoms with Gasteiger partial charge in [0, 0.05) is 0 Å². The molecule has 0 radical (unpaired) electrons. The van der Waals surface area contributed by atoms with E-state index in [1.54, 1.807) is 13.8 Å². The molecule has 7 nitrogen and oxygen atoms in total. The van der Waals surface area contributed by atoms with Crippen LogP contribution >= 0.6 is 0 Å². The molecule has 0 aromatic heterocycles. The molecule has 0 N–H and O–H groups in total. The number of carbonyl (C=O) groups excluding carboxylic acids is 1. The zero-order valence-corrected chi connectivity index (χ0v) is 18.0. The fraction of sp³-hybridized carbons (Fsp3) is 0.682. The van der Waals surface area contributed by atoms with Crippen LogP contribution in [0.4, 0.5) is 0 Å². The zero-order chi connectivity index (χ0) is 21.2. The van der Waals surface area contributed by atoms with Crippen molar-refractivity contribution in [2.45, 2.75) is 90.4 Å². The molecule has 2 fully saturated rings. The lowest BCUT2D eigenvalue weighted by molar-refractivity contribution is -0.478. The number of rotatable bonds is 7. The standard InChI is InChI=1S/C22H32O7/c1-14(2)26-21(5)22(6,27-15(3)4)29-19-18(28-21)17(23)13-25-20(19)24-12-16-10-8-7-9-11-16/h7-11,14-15,18-20H,12-13H2,1-6H3/t18-,19+,20-,21+,22+/m0/s1. The van der Waals surface area contributed by atoms with Crippen molar-refractivity contribution in [3.63, 3.8) is 0 Å². The molecule has 0 aliphatic carbocycles. The molecule has 3 rings (SSSR count). The summed E-state index contributed by atoms with van der Waals surface area (Å²) in [5, 5.41) is 0. The maximum atomic E-state index is 12.6. The summed E-state index contributed by atoms with van der Waals surface area (Å²) >= 11 is 0. The summed E-state index contributed by atoms with van der Waals surface area (Å²) in [6.07, 6.45) is -2.71. The van der Waals surface area contributed by atoms with Crippen LogP contribution in [0.25, 0.3) is 0 Å². The Morgan fingerprint density at radius 2 is 1.59 bits per heavy atom. The van der Waals surface area contributed by atoms with Gasteiger partial charge in [0.2, 0.25) is 11.6 Å².